The Morgan fingerprint density at radius 2 is 1.83 bits per heavy atom. The molecule has 3 heteroatoms. The Bertz CT molecular complexity index is 860. The summed E-state index contributed by atoms with van der Waals surface area (Å²) in [6, 6.07) is 19.2. The van der Waals surface area contributed by atoms with Crippen LogP contribution in [0.4, 0.5) is 0 Å². The zero-order valence-corrected chi connectivity index (χ0v) is 14.8. The molecule has 23 heavy (non-hydrogen) atoms. The summed E-state index contributed by atoms with van der Waals surface area (Å²) in [5, 5.41) is 0. The third-order valence-electron chi connectivity index (χ3n) is 3.53. The lowest BCUT2D eigenvalue weighted by Crippen LogP contribution is -1.92. The molecule has 2 aromatic carbocycles. The maximum Gasteiger partial charge on any atom is 0.185 e. The zero-order valence-electron chi connectivity index (χ0n) is 12.6. The molecule has 3 rings (SSSR count). The van der Waals surface area contributed by atoms with E-state index in [1.54, 1.807) is 18.2 Å². The number of halogens is 1. The van der Waals surface area contributed by atoms with Gasteiger partial charge in [0.1, 0.15) is 11.5 Å². The Morgan fingerprint density at radius 3 is 2.57 bits per heavy atom. The van der Waals surface area contributed by atoms with Crippen molar-refractivity contribution in [3.8, 4) is 11.3 Å². The van der Waals surface area contributed by atoms with Crippen LogP contribution in [0.2, 0.25) is 0 Å². The van der Waals surface area contributed by atoms with Crippen molar-refractivity contribution in [2.24, 2.45) is 0 Å². The second kappa shape index (κ2) is 6.96. The molecule has 0 saturated heterocycles. The fraction of sp³-hybridized carbons (Fsp3) is 0.0500. The minimum Gasteiger partial charge on any atom is -0.457 e. The van der Waals surface area contributed by atoms with Gasteiger partial charge in [-0.25, -0.2) is 0 Å². The van der Waals surface area contributed by atoms with Crippen LogP contribution in [-0.2, 0) is 0 Å². The summed E-state index contributed by atoms with van der Waals surface area (Å²) in [6.45, 7) is 2.08. The standard InChI is InChI=1S/C20H15IO2/c1-14-13-16(7-10-18(14)21)20-12-9-17(23-20)8-11-19(22)15-5-3-2-4-6-15/h2-13H,1H3/b11-8+. The van der Waals surface area contributed by atoms with E-state index < -0.39 is 0 Å². The molecular formula is C20H15IO2. The molecular weight excluding hydrogens is 399 g/mol. The van der Waals surface area contributed by atoms with Gasteiger partial charge in [0.15, 0.2) is 5.78 Å². The van der Waals surface area contributed by atoms with E-state index in [1.165, 1.54) is 15.2 Å². The SMILES string of the molecule is Cc1cc(-c2ccc(/C=C/C(=O)c3ccccc3)o2)ccc1I. The molecule has 2 nitrogen and oxygen atoms in total. The summed E-state index contributed by atoms with van der Waals surface area (Å²) in [6.07, 6.45) is 3.25. The number of carbonyl (C=O) groups excluding carboxylic acids is 1. The van der Waals surface area contributed by atoms with Crippen molar-refractivity contribution in [1.29, 1.82) is 0 Å². The lowest BCUT2D eigenvalue weighted by molar-refractivity contribution is 0.104. The molecule has 0 aliphatic heterocycles. The Morgan fingerprint density at radius 1 is 1.04 bits per heavy atom. The van der Waals surface area contributed by atoms with Gasteiger partial charge in [-0.05, 0) is 71.5 Å². The number of hydrogen-bond donors (Lipinski definition) is 0. The van der Waals surface area contributed by atoms with Crippen LogP contribution in [0.15, 0.2) is 71.2 Å². The van der Waals surface area contributed by atoms with E-state index in [-0.39, 0.29) is 5.78 Å². The van der Waals surface area contributed by atoms with Crippen LogP contribution in [0.25, 0.3) is 17.4 Å². The summed E-state index contributed by atoms with van der Waals surface area (Å²) >= 11 is 2.31. The molecule has 0 N–H and O–H groups in total. The first-order valence-electron chi connectivity index (χ1n) is 7.27. The number of furan rings is 1. The highest BCUT2D eigenvalue weighted by Crippen LogP contribution is 2.25. The Balaban J connectivity index is 1.78. The predicted molar refractivity (Wildman–Crippen MR) is 101 cm³/mol. The number of carbonyl (C=O) groups is 1. The van der Waals surface area contributed by atoms with Gasteiger partial charge in [0.05, 0.1) is 0 Å². The first-order chi connectivity index (χ1) is 11.1. The molecule has 114 valence electrons. The maximum absolute atomic E-state index is 12.0. The van der Waals surface area contributed by atoms with E-state index in [2.05, 4.69) is 41.6 Å². The number of ketones is 1. The summed E-state index contributed by atoms with van der Waals surface area (Å²) in [5.41, 5.74) is 2.93. The average Bonchev–Trinajstić information content (AvgIpc) is 3.05. The normalized spacial score (nSPS) is 11.0. The number of benzene rings is 2. The molecule has 0 spiro atoms. The van der Waals surface area contributed by atoms with Crippen molar-refractivity contribution < 1.29 is 9.21 Å². The minimum atomic E-state index is -0.0336. The highest BCUT2D eigenvalue weighted by Gasteiger charge is 2.06. The van der Waals surface area contributed by atoms with Crippen LogP contribution in [0.5, 0.6) is 0 Å². The molecule has 1 aromatic heterocycles. The number of allylic oxidation sites excluding steroid dienone is 1. The van der Waals surface area contributed by atoms with E-state index in [1.807, 2.05) is 36.4 Å². The third-order valence-corrected chi connectivity index (χ3v) is 4.74. The first kappa shape index (κ1) is 15.7. The van der Waals surface area contributed by atoms with E-state index in [0.717, 1.165) is 11.3 Å². The van der Waals surface area contributed by atoms with E-state index in [9.17, 15) is 4.79 Å². The molecule has 0 aliphatic carbocycles. The van der Waals surface area contributed by atoms with Crippen LogP contribution >= 0.6 is 22.6 Å². The highest BCUT2D eigenvalue weighted by atomic mass is 127. The van der Waals surface area contributed by atoms with Crippen LogP contribution < -0.4 is 0 Å². The van der Waals surface area contributed by atoms with Crippen LogP contribution in [0.1, 0.15) is 21.7 Å². The molecule has 0 unspecified atom stereocenters. The van der Waals surface area contributed by atoms with Crippen molar-refractivity contribution in [2.45, 2.75) is 6.92 Å². The third kappa shape index (κ3) is 3.79. The molecule has 0 aliphatic rings. The Labute approximate surface area is 149 Å². The summed E-state index contributed by atoms with van der Waals surface area (Å²) in [4.78, 5) is 12.0. The van der Waals surface area contributed by atoms with E-state index in [0.29, 0.717) is 11.3 Å². The largest absolute Gasteiger partial charge is 0.457 e. The monoisotopic (exact) mass is 414 g/mol. The predicted octanol–water partition coefficient (Wildman–Crippen LogP) is 5.76. The van der Waals surface area contributed by atoms with Gasteiger partial charge in [0, 0.05) is 14.7 Å². The number of hydrogen-bond acceptors (Lipinski definition) is 2. The molecule has 0 atom stereocenters. The van der Waals surface area contributed by atoms with Gasteiger partial charge in [0.2, 0.25) is 0 Å². The highest BCUT2D eigenvalue weighted by molar-refractivity contribution is 14.1. The second-order valence-electron chi connectivity index (χ2n) is 5.23. The molecule has 0 fully saturated rings. The molecule has 3 aromatic rings. The average molecular weight is 414 g/mol. The van der Waals surface area contributed by atoms with E-state index in [4.69, 9.17) is 4.42 Å². The molecule has 0 saturated carbocycles. The van der Waals surface area contributed by atoms with Crippen molar-refractivity contribution in [2.75, 3.05) is 0 Å². The van der Waals surface area contributed by atoms with Gasteiger partial charge in [0.25, 0.3) is 0 Å². The molecule has 0 amide bonds. The van der Waals surface area contributed by atoms with Gasteiger partial charge in [-0.1, -0.05) is 36.4 Å². The summed E-state index contributed by atoms with van der Waals surface area (Å²) in [7, 11) is 0. The van der Waals surface area contributed by atoms with Gasteiger partial charge < -0.3 is 4.42 Å². The topological polar surface area (TPSA) is 30.2 Å². The lowest BCUT2D eigenvalue weighted by atomic mass is 10.1. The fourth-order valence-corrected chi connectivity index (χ4v) is 2.59. The smallest absolute Gasteiger partial charge is 0.185 e. The van der Waals surface area contributed by atoms with Crippen molar-refractivity contribution >= 4 is 34.5 Å². The van der Waals surface area contributed by atoms with Gasteiger partial charge >= 0.3 is 0 Å². The van der Waals surface area contributed by atoms with Gasteiger partial charge in [-0.15, -0.1) is 0 Å². The Kier molecular flexibility index (Phi) is 4.76. The van der Waals surface area contributed by atoms with Crippen LogP contribution in [0.3, 0.4) is 0 Å². The number of aryl methyl sites for hydroxylation is 1. The lowest BCUT2D eigenvalue weighted by Gasteiger charge is -2.01. The Hall–Kier alpha value is -2.14. The van der Waals surface area contributed by atoms with Crippen molar-refractivity contribution in [3.05, 3.63) is 87.2 Å². The summed E-state index contributed by atoms with van der Waals surface area (Å²) < 4.78 is 7.04. The first-order valence-corrected chi connectivity index (χ1v) is 8.35. The van der Waals surface area contributed by atoms with Crippen LogP contribution in [0, 0.1) is 10.5 Å². The summed E-state index contributed by atoms with van der Waals surface area (Å²) in [5.74, 6) is 1.44. The maximum atomic E-state index is 12.0. The second-order valence-corrected chi connectivity index (χ2v) is 6.39. The minimum absolute atomic E-state index is 0.0336. The number of rotatable bonds is 4. The van der Waals surface area contributed by atoms with Gasteiger partial charge in [-0.3, -0.25) is 4.79 Å². The van der Waals surface area contributed by atoms with Crippen LogP contribution in [-0.4, -0.2) is 5.78 Å². The zero-order chi connectivity index (χ0) is 16.2. The molecule has 1 heterocycles. The van der Waals surface area contributed by atoms with Crippen molar-refractivity contribution in [3.63, 3.8) is 0 Å². The van der Waals surface area contributed by atoms with Crippen molar-refractivity contribution in [1.82, 2.24) is 0 Å². The molecule has 0 radical (unpaired) electrons. The van der Waals surface area contributed by atoms with Gasteiger partial charge in [-0.2, -0.15) is 0 Å². The van der Waals surface area contributed by atoms with E-state index >= 15 is 0 Å². The quantitative estimate of drug-likeness (QED) is 0.309. The fourth-order valence-electron chi connectivity index (χ4n) is 2.25. The molecule has 0 bridgehead atoms.